The van der Waals surface area contributed by atoms with Gasteiger partial charge in [0.25, 0.3) is 0 Å². The van der Waals surface area contributed by atoms with Gasteiger partial charge in [0.05, 0.1) is 0 Å². The average molecular weight is 235 g/mol. The topological polar surface area (TPSA) is 29.9 Å². The van der Waals surface area contributed by atoms with Gasteiger partial charge in [-0.05, 0) is 19.1 Å². The number of imidazole rings is 1. The zero-order chi connectivity index (χ0) is 11.4. The molecule has 0 aliphatic rings. The summed E-state index contributed by atoms with van der Waals surface area (Å²) in [7, 11) is 2.03. The zero-order valence-corrected chi connectivity index (χ0v) is 10.5. The first-order valence-corrected chi connectivity index (χ1v) is 6.29. The minimum absolute atomic E-state index is 0.961. The van der Waals surface area contributed by atoms with Gasteiger partial charge in [-0.1, -0.05) is 0 Å². The van der Waals surface area contributed by atoms with Crippen molar-refractivity contribution in [3.8, 4) is 0 Å². The molecule has 2 heterocycles. The van der Waals surface area contributed by atoms with Crippen LogP contribution in [0.2, 0.25) is 0 Å². The molecule has 2 aromatic rings. The minimum Gasteiger partial charge on any atom is -0.338 e. The minimum atomic E-state index is 0.961. The van der Waals surface area contributed by atoms with Crippen molar-refractivity contribution in [2.24, 2.45) is 7.05 Å². The molecule has 0 unspecified atom stereocenters. The Morgan fingerprint density at radius 1 is 1.44 bits per heavy atom. The summed E-state index contributed by atoms with van der Waals surface area (Å²) >= 11 is 1.86. The van der Waals surface area contributed by atoms with Crippen LogP contribution >= 0.6 is 11.3 Å². The lowest BCUT2D eigenvalue weighted by Crippen LogP contribution is -2.17. The van der Waals surface area contributed by atoms with Crippen molar-refractivity contribution in [3.63, 3.8) is 0 Å². The Hall–Kier alpha value is -1.13. The number of aryl methyl sites for hydroxylation is 2. The van der Waals surface area contributed by atoms with Crippen LogP contribution in [0.15, 0.2) is 24.5 Å². The lowest BCUT2D eigenvalue weighted by atomic mass is 10.4. The largest absolute Gasteiger partial charge is 0.338 e. The Bertz CT molecular complexity index is 445. The summed E-state index contributed by atoms with van der Waals surface area (Å²) in [5.74, 6) is 1.13. The molecule has 0 radical (unpaired) electrons. The summed E-state index contributed by atoms with van der Waals surface area (Å²) < 4.78 is 2.07. The Morgan fingerprint density at radius 2 is 2.31 bits per heavy atom. The third-order valence-electron chi connectivity index (χ3n) is 2.54. The van der Waals surface area contributed by atoms with E-state index < -0.39 is 0 Å². The van der Waals surface area contributed by atoms with Gasteiger partial charge in [0.15, 0.2) is 0 Å². The number of rotatable bonds is 5. The van der Waals surface area contributed by atoms with Crippen LogP contribution in [0.1, 0.15) is 15.6 Å². The Kier molecular flexibility index (Phi) is 3.74. The SMILES string of the molecule is Cc1ccc(CNCCc2nccn2C)s1. The molecule has 0 aromatic carbocycles. The van der Waals surface area contributed by atoms with Crippen molar-refractivity contribution >= 4 is 11.3 Å². The summed E-state index contributed by atoms with van der Waals surface area (Å²) in [5.41, 5.74) is 0. The second kappa shape index (κ2) is 5.27. The van der Waals surface area contributed by atoms with Crippen molar-refractivity contribution in [3.05, 3.63) is 40.1 Å². The fourth-order valence-corrected chi connectivity index (χ4v) is 2.49. The van der Waals surface area contributed by atoms with Crippen molar-refractivity contribution in [2.75, 3.05) is 6.54 Å². The van der Waals surface area contributed by atoms with Gasteiger partial charge in [0.2, 0.25) is 0 Å². The molecular formula is C12H17N3S. The van der Waals surface area contributed by atoms with Gasteiger partial charge in [-0.3, -0.25) is 0 Å². The van der Waals surface area contributed by atoms with E-state index in [2.05, 4.69) is 33.9 Å². The lowest BCUT2D eigenvalue weighted by molar-refractivity contribution is 0.659. The van der Waals surface area contributed by atoms with E-state index in [1.807, 2.05) is 30.8 Å². The first-order valence-electron chi connectivity index (χ1n) is 5.48. The number of nitrogens with one attached hydrogen (secondary N) is 1. The second-order valence-electron chi connectivity index (χ2n) is 3.89. The van der Waals surface area contributed by atoms with Gasteiger partial charge < -0.3 is 9.88 Å². The molecule has 0 bridgehead atoms. The van der Waals surface area contributed by atoms with Crippen LogP contribution < -0.4 is 5.32 Å². The molecule has 0 spiro atoms. The fraction of sp³-hybridized carbons (Fsp3) is 0.417. The number of nitrogens with zero attached hydrogens (tertiary/aromatic N) is 2. The molecule has 2 rings (SSSR count). The highest BCUT2D eigenvalue weighted by molar-refractivity contribution is 7.11. The molecule has 16 heavy (non-hydrogen) atoms. The molecule has 3 nitrogen and oxygen atoms in total. The van der Waals surface area contributed by atoms with Crippen molar-refractivity contribution < 1.29 is 0 Å². The summed E-state index contributed by atoms with van der Waals surface area (Å²) in [6.07, 6.45) is 4.81. The molecule has 0 saturated heterocycles. The number of hydrogen-bond acceptors (Lipinski definition) is 3. The molecule has 0 aliphatic carbocycles. The van der Waals surface area contributed by atoms with Crippen molar-refractivity contribution in [1.29, 1.82) is 0 Å². The maximum Gasteiger partial charge on any atom is 0.109 e. The molecule has 0 atom stereocenters. The lowest BCUT2D eigenvalue weighted by Gasteiger charge is -2.03. The van der Waals surface area contributed by atoms with E-state index in [-0.39, 0.29) is 0 Å². The highest BCUT2D eigenvalue weighted by Crippen LogP contribution is 2.14. The van der Waals surface area contributed by atoms with Crippen LogP contribution in [0.25, 0.3) is 0 Å². The first kappa shape index (κ1) is 11.4. The normalized spacial score (nSPS) is 10.9. The Morgan fingerprint density at radius 3 is 2.94 bits per heavy atom. The van der Waals surface area contributed by atoms with Gasteiger partial charge in [0.1, 0.15) is 5.82 Å². The van der Waals surface area contributed by atoms with E-state index in [4.69, 9.17) is 0 Å². The maximum atomic E-state index is 4.29. The van der Waals surface area contributed by atoms with Gasteiger partial charge >= 0.3 is 0 Å². The van der Waals surface area contributed by atoms with Crippen LogP contribution in [0.4, 0.5) is 0 Å². The molecule has 0 aliphatic heterocycles. The molecule has 0 saturated carbocycles. The van der Waals surface area contributed by atoms with E-state index in [1.54, 1.807) is 0 Å². The summed E-state index contributed by atoms with van der Waals surface area (Å²) in [6, 6.07) is 4.36. The fourth-order valence-electron chi connectivity index (χ4n) is 1.63. The predicted octanol–water partition coefficient (Wildman–Crippen LogP) is 2.12. The first-order chi connectivity index (χ1) is 7.75. The standard InChI is InChI=1S/C12H17N3S/c1-10-3-4-11(16-10)9-13-6-5-12-14-7-8-15(12)2/h3-4,7-8,13H,5-6,9H2,1-2H3. The molecule has 1 N–H and O–H groups in total. The van der Waals surface area contributed by atoms with E-state index in [9.17, 15) is 0 Å². The number of thiophene rings is 1. The summed E-state index contributed by atoms with van der Waals surface area (Å²) in [6.45, 7) is 4.08. The van der Waals surface area contributed by atoms with E-state index in [1.165, 1.54) is 9.75 Å². The molecule has 2 aromatic heterocycles. The summed E-state index contributed by atoms with van der Waals surface area (Å²) in [4.78, 5) is 7.07. The molecular weight excluding hydrogens is 218 g/mol. The highest BCUT2D eigenvalue weighted by Gasteiger charge is 1.99. The van der Waals surface area contributed by atoms with Gasteiger partial charge in [0, 0.05) is 48.7 Å². The van der Waals surface area contributed by atoms with Crippen LogP contribution in [-0.2, 0) is 20.0 Å². The maximum absolute atomic E-state index is 4.29. The van der Waals surface area contributed by atoms with Crippen LogP contribution in [-0.4, -0.2) is 16.1 Å². The Labute approximate surface area is 100 Å². The Balaban J connectivity index is 1.71. The average Bonchev–Trinajstić information content (AvgIpc) is 2.83. The number of hydrogen-bond donors (Lipinski definition) is 1. The predicted molar refractivity (Wildman–Crippen MR) is 67.7 cm³/mol. The van der Waals surface area contributed by atoms with E-state index in [0.717, 1.165) is 25.3 Å². The molecule has 0 amide bonds. The molecule has 86 valence electrons. The molecule has 0 fully saturated rings. The van der Waals surface area contributed by atoms with Crippen molar-refractivity contribution in [2.45, 2.75) is 19.9 Å². The van der Waals surface area contributed by atoms with Gasteiger partial charge in [-0.25, -0.2) is 4.98 Å². The van der Waals surface area contributed by atoms with Gasteiger partial charge in [-0.2, -0.15) is 0 Å². The number of aromatic nitrogens is 2. The smallest absolute Gasteiger partial charge is 0.109 e. The van der Waals surface area contributed by atoms with E-state index >= 15 is 0 Å². The van der Waals surface area contributed by atoms with Crippen LogP contribution in [0.3, 0.4) is 0 Å². The van der Waals surface area contributed by atoms with Crippen LogP contribution in [0, 0.1) is 6.92 Å². The zero-order valence-electron chi connectivity index (χ0n) is 9.73. The van der Waals surface area contributed by atoms with Crippen LogP contribution in [0.5, 0.6) is 0 Å². The van der Waals surface area contributed by atoms with Gasteiger partial charge in [-0.15, -0.1) is 11.3 Å². The third kappa shape index (κ3) is 2.93. The second-order valence-corrected chi connectivity index (χ2v) is 5.27. The highest BCUT2D eigenvalue weighted by atomic mass is 32.1. The summed E-state index contributed by atoms with van der Waals surface area (Å²) in [5, 5.41) is 3.44. The van der Waals surface area contributed by atoms with E-state index in [0.29, 0.717) is 0 Å². The van der Waals surface area contributed by atoms with Crippen molar-refractivity contribution in [1.82, 2.24) is 14.9 Å². The quantitative estimate of drug-likeness (QED) is 0.805. The monoisotopic (exact) mass is 235 g/mol. The third-order valence-corrected chi connectivity index (χ3v) is 3.54. The molecule has 4 heteroatoms.